The van der Waals surface area contributed by atoms with Crippen molar-refractivity contribution < 1.29 is 28.6 Å². The summed E-state index contributed by atoms with van der Waals surface area (Å²) in [5.74, 6) is -4.19. The number of hydrogen-bond donors (Lipinski definition) is 2. The van der Waals surface area contributed by atoms with Crippen LogP contribution in [0.2, 0.25) is 0 Å². The fourth-order valence-corrected chi connectivity index (χ4v) is 3.55. The second-order valence-corrected chi connectivity index (χ2v) is 7.28. The third kappa shape index (κ3) is 3.89. The van der Waals surface area contributed by atoms with Crippen molar-refractivity contribution in [2.45, 2.75) is 13.1 Å². The second kappa shape index (κ2) is 8.14. The summed E-state index contributed by atoms with van der Waals surface area (Å²) in [6.45, 7) is 0.00744. The average Bonchev–Trinajstić information content (AvgIpc) is 2.74. The number of aromatic carboxylic acids is 1. The van der Waals surface area contributed by atoms with Crippen LogP contribution in [0.15, 0.2) is 59.5 Å². The Kier molecular flexibility index (Phi) is 5.35. The molecule has 0 atom stereocenters. The van der Waals surface area contributed by atoms with E-state index in [0.29, 0.717) is 11.1 Å². The maximum absolute atomic E-state index is 13.7. The Morgan fingerprint density at radius 3 is 2.34 bits per heavy atom. The number of amides is 1. The average molecular weight is 441 g/mol. The minimum Gasteiger partial charge on any atom is -0.502 e. The van der Waals surface area contributed by atoms with E-state index in [0.717, 1.165) is 10.9 Å². The molecule has 10 heteroatoms. The summed E-state index contributed by atoms with van der Waals surface area (Å²) in [5.41, 5.74) is -1.20. The van der Waals surface area contributed by atoms with Crippen molar-refractivity contribution in [3.05, 3.63) is 99.0 Å². The number of aromatic nitrogens is 1. The molecule has 8 nitrogen and oxygen atoms in total. The molecule has 0 aliphatic carbocycles. The normalized spacial score (nSPS) is 13.2. The van der Waals surface area contributed by atoms with Crippen LogP contribution in [0.5, 0.6) is 5.75 Å². The molecule has 0 bridgehead atoms. The van der Waals surface area contributed by atoms with Crippen LogP contribution in [0.3, 0.4) is 0 Å². The number of halogens is 2. The van der Waals surface area contributed by atoms with Crippen LogP contribution < -0.4 is 10.4 Å². The van der Waals surface area contributed by atoms with E-state index in [1.165, 1.54) is 52.4 Å². The summed E-state index contributed by atoms with van der Waals surface area (Å²) in [6, 6.07) is 11.2. The van der Waals surface area contributed by atoms with Gasteiger partial charge in [-0.3, -0.25) is 19.3 Å². The molecule has 0 saturated heterocycles. The molecule has 32 heavy (non-hydrogen) atoms. The topological polar surface area (TPSA) is 103 Å². The fourth-order valence-electron chi connectivity index (χ4n) is 3.55. The lowest BCUT2D eigenvalue weighted by Crippen LogP contribution is -2.53. The Morgan fingerprint density at radius 1 is 0.969 bits per heavy atom. The van der Waals surface area contributed by atoms with Crippen molar-refractivity contribution >= 4 is 11.9 Å². The zero-order valence-electron chi connectivity index (χ0n) is 16.5. The highest BCUT2D eigenvalue weighted by Crippen LogP contribution is 2.24. The Labute approximate surface area is 180 Å². The molecule has 1 aliphatic rings. The van der Waals surface area contributed by atoms with E-state index < -0.39 is 45.9 Å². The highest BCUT2D eigenvalue weighted by Gasteiger charge is 2.34. The number of carboxylic acid groups (broad SMARTS) is 1. The lowest BCUT2D eigenvalue weighted by molar-refractivity contribution is 0.0654. The van der Waals surface area contributed by atoms with Gasteiger partial charge in [0, 0.05) is 12.7 Å². The van der Waals surface area contributed by atoms with Crippen LogP contribution in [-0.4, -0.2) is 38.3 Å². The zero-order valence-corrected chi connectivity index (χ0v) is 16.5. The number of carbonyl (C=O) groups excluding carboxylic acids is 1. The van der Waals surface area contributed by atoms with Crippen LogP contribution >= 0.6 is 0 Å². The third-order valence-electron chi connectivity index (χ3n) is 5.06. The molecule has 0 spiro atoms. The first-order chi connectivity index (χ1) is 15.2. The summed E-state index contributed by atoms with van der Waals surface area (Å²) in [4.78, 5) is 38.2. The fraction of sp³-hybridized carbons (Fsp3) is 0.136. The molecule has 0 radical (unpaired) electrons. The first-order valence-electron chi connectivity index (χ1n) is 9.50. The number of carbonyl (C=O) groups is 2. The van der Waals surface area contributed by atoms with Gasteiger partial charge in [-0.2, -0.15) is 0 Å². The van der Waals surface area contributed by atoms with Crippen molar-refractivity contribution in [1.82, 2.24) is 9.58 Å². The molecule has 164 valence electrons. The van der Waals surface area contributed by atoms with E-state index in [-0.39, 0.29) is 19.8 Å². The zero-order chi connectivity index (χ0) is 23.0. The smallest absolute Gasteiger partial charge is 0.341 e. The molecular weight excluding hydrogens is 424 g/mol. The molecule has 0 fully saturated rings. The predicted molar refractivity (Wildman–Crippen MR) is 109 cm³/mol. The highest BCUT2D eigenvalue weighted by atomic mass is 19.1. The van der Waals surface area contributed by atoms with Gasteiger partial charge in [-0.1, -0.05) is 24.3 Å². The van der Waals surface area contributed by atoms with Gasteiger partial charge in [0.2, 0.25) is 5.43 Å². The molecular formula is C22H17F2N3O5. The standard InChI is InChI=1S/C22H17F2N3O5/c23-15-6-4-13(5-7-15)9-25-12-26(10-14-2-1-3-16(24)8-14)27-11-17(22(31)32)19(28)20(29)18(27)21(25)30/h1-8,11,29H,9-10,12H2,(H,31,32). The first-order valence-corrected chi connectivity index (χ1v) is 9.50. The van der Waals surface area contributed by atoms with Gasteiger partial charge in [0.15, 0.2) is 11.4 Å². The van der Waals surface area contributed by atoms with Gasteiger partial charge in [0.25, 0.3) is 5.91 Å². The number of rotatable bonds is 5. The Hall–Kier alpha value is -4.21. The van der Waals surface area contributed by atoms with Gasteiger partial charge in [-0.25, -0.2) is 13.6 Å². The molecule has 1 aliphatic heterocycles. The molecule has 2 aromatic carbocycles. The molecule has 2 N–H and O–H groups in total. The predicted octanol–water partition coefficient (Wildman–Crippen LogP) is 2.28. The van der Waals surface area contributed by atoms with Gasteiger partial charge in [-0.05, 0) is 35.4 Å². The van der Waals surface area contributed by atoms with Gasteiger partial charge in [-0.15, -0.1) is 0 Å². The molecule has 0 unspecified atom stereocenters. The van der Waals surface area contributed by atoms with Crippen molar-refractivity contribution in [1.29, 1.82) is 0 Å². The Morgan fingerprint density at radius 2 is 1.69 bits per heavy atom. The molecule has 1 amide bonds. The van der Waals surface area contributed by atoms with Crippen LogP contribution in [-0.2, 0) is 13.1 Å². The summed E-state index contributed by atoms with van der Waals surface area (Å²) < 4.78 is 28.0. The van der Waals surface area contributed by atoms with Crippen molar-refractivity contribution in [3.63, 3.8) is 0 Å². The van der Waals surface area contributed by atoms with E-state index in [1.54, 1.807) is 6.07 Å². The quantitative estimate of drug-likeness (QED) is 0.630. The number of benzene rings is 2. The number of nitrogens with zero attached hydrogens (tertiary/aromatic N) is 3. The highest BCUT2D eigenvalue weighted by molar-refractivity contribution is 5.97. The summed E-state index contributed by atoms with van der Waals surface area (Å²) in [7, 11) is 0. The minimum atomic E-state index is -1.56. The number of hydrogen-bond acceptors (Lipinski definition) is 5. The minimum absolute atomic E-state index is 0.0348. The summed E-state index contributed by atoms with van der Waals surface area (Å²) in [5, 5.41) is 21.2. The molecule has 4 rings (SSSR count). The maximum atomic E-state index is 13.7. The number of pyridine rings is 1. The van der Waals surface area contributed by atoms with E-state index in [2.05, 4.69) is 0 Å². The maximum Gasteiger partial charge on any atom is 0.341 e. The summed E-state index contributed by atoms with van der Waals surface area (Å²) >= 11 is 0. The number of carboxylic acids is 1. The Bertz CT molecular complexity index is 1270. The largest absolute Gasteiger partial charge is 0.502 e. The van der Waals surface area contributed by atoms with E-state index >= 15 is 0 Å². The van der Waals surface area contributed by atoms with Crippen LogP contribution in [0.25, 0.3) is 0 Å². The van der Waals surface area contributed by atoms with Crippen LogP contribution in [0, 0.1) is 11.6 Å². The van der Waals surface area contributed by atoms with Crippen molar-refractivity contribution in [3.8, 4) is 5.75 Å². The van der Waals surface area contributed by atoms with Crippen molar-refractivity contribution in [2.24, 2.45) is 0 Å². The van der Waals surface area contributed by atoms with E-state index in [4.69, 9.17) is 0 Å². The van der Waals surface area contributed by atoms with Gasteiger partial charge in [0.1, 0.15) is 23.9 Å². The SMILES string of the molecule is O=C(O)c1cn2c(c(O)c1=O)C(=O)N(Cc1ccc(F)cc1)CN2Cc1cccc(F)c1. The number of fused-ring (bicyclic) bond motifs is 1. The monoisotopic (exact) mass is 441 g/mol. The molecule has 0 saturated carbocycles. The molecule has 1 aromatic heterocycles. The first kappa shape index (κ1) is 21.0. The second-order valence-electron chi connectivity index (χ2n) is 7.28. The van der Waals surface area contributed by atoms with Crippen LogP contribution in [0.1, 0.15) is 32.0 Å². The van der Waals surface area contributed by atoms with Gasteiger partial charge >= 0.3 is 5.97 Å². The van der Waals surface area contributed by atoms with E-state index in [1.807, 2.05) is 0 Å². The van der Waals surface area contributed by atoms with Crippen molar-refractivity contribution in [2.75, 3.05) is 11.7 Å². The van der Waals surface area contributed by atoms with Gasteiger partial charge in [0.05, 0.1) is 6.54 Å². The molecule has 2 heterocycles. The summed E-state index contributed by atoms with van der Waals surface area (Å²) in [6.07, 6.45) is 0.964. The van der Waals surface area contributed by atoms with Gasteiger partial charge < -0.3 is 15.1 Å². The number of aromatic hydroxyl groups is 1. The lowest BCUT2D eigenvalue weighted by atomic mass is 10.1. The molecule has 3 aromatic rings. The lowest BCUT2D eigenvalue weighted by Gasteiger charge is -2.40. The van der Waals surface area contributed by atoms with E-state index in [9.17, 15) is 33.4 Å². The Balaban J connectivity index is 1.80. The van der Waals surface area contributed by atoms with Crippen LogP contribution in [0.4, 0.5) is 8.78 Å². The third-order valence-corrected chi connectivity index (χ3v) is 5.06.